The maximum atomic E-state index is 12.5. The third-order valence-electron chi connectivity index (χ3n) is 5.76. The van der Waals surface area contributed by atoms with E-state index in [-0.39, 0.29) is 6.04 Å². The molecule has 1 atom stereocenters. The molecule has 2 aliphatic rings. The van der Waals surface area contributed by atoms with Gasteiger partial charge in [-0.15, -0.1) is 0 Å². The first-order chi connectivity index (χ1) is 13.3. The minimum absolute atomic E-state index is 0.212. The van der Waals surface area contributed by atoms with Crippen molar-refractivity contribution in [3.63, 3.8) is 0 Å². The summed E-state index contributed by atoms with van der Waals surface area (Å²) in [6.07, 6.45) is 3.43. The molecule has 0 amide bonds. The van der Waals surface area contributed by atoms with Gasteiger partial charge >= 0.3 is 0 Å². The lowest BCUT2D eigenvalue weighted by atomic mass is 10.1. The minimum Gasteiger partial charge on any atom is -0.399 e. The predicted octanol–water partition coefficient (Wildman–Crippen LogP) is 2.37. The monoisotopic (exact) mass is 402 g/mol. The van der Waals surface area contributed by atoms with Crippen molar-refractivity contribution >= 4 is 21.3 Å². The van der Waals surface area contributed by atoms with Gasteiger partial charge in [0.15, 0.2) is 15.7 Å². The van der Waals surface area contributed by atoms with Crippen LogP contribution in [-0.4, -0.2) is 50.4 Å². The van der Waals surface area contributed by atoms with Gasteiger partial charge in [0.25, 0.3) is 0 Å². The zero-order chi connectivity index (χ0) is 19.9. The molecule has 1 aliphatic heterocycles. The second kappa shape index (κ2) is 7.00. The van der Waals surface area contributed by atoms with Crippen molar-refractivity contribution in [1.82, 2.24) is 9.97 Å². The molecule has 1 aromatic heterocycles. The maximum absolute atomic E-state index is 12.5. The van der Waals surface area contributed by atoms with Gasteiger partial charge in [-0.2, -0.15) is 0 Å². The number of aromatic nitrogens is 2. The van der Waals surface area contributed by atoms with Crippen molar-refractivity contribution in [2.75, 3.05) is 36.6 Å². The number of sulfone groups is 1. The molecule has 8 heteroatoms. The van der Waals surface area contributed by atoms with E-state index in [1.54, 1.807) is 12.1 Å². The third kappa shape index (κ3) is 3.35. The van der Waals surface area contributed by atoms with Crippen LogP contribution in [0.15, 0.2) is 30.3 Å². The molecule has 1 aliphatic carbocycles. The van der Waals surface area contributed by atoms with Gasteiger partial charge in [0.2, 0.25) is 0 Å². The molecule has 28 heavy (non-hydrogen) atoms. The molecule has 1 saturated heterocycles. The molecule has 7 nitrogen and oxygen atoms in total. The first-order valence-electron chi connectivity index (χ1n) is 9.63. The Bertz CT molecular complexity index is 971. The largest absolute Gasteiger partial charge is 0.399 e. The van der Waals surface area contributed by atoms with Crippen molar-refractivity contribution in [2.45, 2.75) is 37.0 Å². The van der Waals surface area contributed by atoms with Crippen LogP contribution in [0.3, 0.4) is 0 Å². The lowest BCUT2D eigenvalue weighted by Gasteiger charge is -2.36. The van der Waals surface area contributed by atoms with Crippen LogP contribution in [0.2, 0.25) is 0 Å². The summed E-state index contributed by atoms with van der Waals surface area (Å²) in [6.45, 7) is 4.12. The molecular formula is C20H26N4O3S. The summed E-state index contributed by atoms with van der Waals surface area (Å²) < 4.78 is 29.7. The van der Waals surface area contributed by atoms with E-state index in [0.29, 0.717) is 43.3 Å². The van der Waals surface area contributed by atoms with Crippen molar-refractivity contribution in [2.24, 2.45) is 0 Å². The van der Waals surface area contributed by atoms with E-state index in [1.165, 1.54) is 6.26 Å². The van der Waals surface area contributed by atoms with Gasteiger partial charge in [-0.25, -0.2) is 18.4 Å². The van der Waals surface area contributed by atoms with E-state index in [4.69, 9.17) is 20.4 Å². The van der Waals surface area contributed by atoms with Crippen LogP contribution >= 0.6 is 0 Å². The molecule has 2 heterocycles. The molecule has 150 valence electrons. The van der Waals surface area contributed by atoms with Gasteiger partial charge in [-0.1, -0.05) is 6.92 Å². The number of morpholine rings is 1. The molecule has 1 aromatic carbocycles. The van der Waals surface area contributed by atoms with Crippen LogP contribution in [0.25, 0.3) is 11.4 Å². The van der Waals surface area contributed by atoms with Crippen LogP contribution in [0.4, 0.5) is 11.5 Å². The Hall–Kier alpha value is -2.19. The highest BCUT2D eigenvalue weighted by Gasteiger charge is 2.55. The van der Waals surface area contributed by atoms with Gasteiger partial charge in [0.05, 0.1) is 24.9 Å². The van der Waals surface area contributed by atoms with Gasteiger partial charge in [0.1, 0.15) is 10.6 Å². The second-order valence-corrected chi connectivity index (χ2v) is 9.98. The van der Waals surface area contributed by atoms with E-state index < -0.39 is 14.6 Å². The molecule has 1 saturated carbocycles. The minimum atomic E-state index is -3.27. The summed E-state index contributed by atoms with van der Waals surface area (Å²) in [7, 11) is -3.27. The number of hydrogen-bond donors (Lipinski definition) is 1. The van der Waals surface area contributed by atoms with E-state index in [2.05, 4.69) is 11.8 Å². The normalized spacial score (nSPS) is 21.5. The zero-order valence-electron chi connectivity index (χ0n) is 16.3. The highest BCUT2D eigenvalue weighted by atomic mass is 32.2. The lowest BCUT2D eigenvalue weighted by molar-refractivity contribution is 0.0925. The van der Waals surface area contributed by atoms with Crippen molar-refractivity contribution in [3.05, 3.63) is 36.0 Å². The molecular weight excluding hydrogens is 376 g/mol. The zero-order valence-corrected chi connectivity index (χ0v) is 17.1. The molecule has 2 N–H and O–H groups in total. The number of nitrogens with two attached hydrogens (primary N) is 1. The summed E-state index contributed by atoms with van der Waals surface area (Å²) >= 11 is 0. The summed E-state index contributed by atoms with van der Waals surface area (Å²) in [5.41, 5.74) is 7.89. The fourth-order valence-electron chi connectivity index (χ4n) is 3.80. The number of nitrogens with zero attached hydrogens (tertiary/aromatic N) is 3. The Morgan fingerprint density at radius 2 is 1.96 bits per heavy atom. The van der Waals surface area contributed by atoms with Crippen LogP contribution in [0, 0.1) is 0 Å². The van der Waals surface area contributed by atoms with Gasteiger partial charge in [-0.05, 0) is 43.5 Å². The highest BCUT2D eigenvalue weighted by Crippen LogP contribution is 2.52. The molecule has 4 rings (SSSR count). The van der Waals surface area contributed by atoms with E-state index >= 15 is 0 Å². The number of benzene rings is 1. The number of hydrogen-bond acceptors (Lipinski definition) is 7. The van der Waals surface area contributed by atoms with Crippen LogP contribution < -0.4 is 10.6 Å². The topological polar surface area (TPSA) is 98.4 Å². The molecule has 2 fully saturated rings. The Morgan fingerprint density at radius 1 is 1.25 bits per heavy atom. The summed E-state index contributed by atoms with van der Waals surface area (Å²) in [4.78, 5) is 11.7. The standard InChI is InChI=1S/C20H26N4O3S/c1-3-16-13-27-11-10-24(16)18-12-17(20(8-9-20)28(2,25)26)22-19(23-18)14-4-6-15(21)7-5-14/h4-7,12,16H,3,8-11,13,21H2,1-2H3/t16-/m0/s1. The van der Waals surface area contributed by atoms with Gasteiger partial charge in [-0.3, -0.25) is 0 Å². The number of anilines is 2. The van der Waals surface area contributed by atoms with Crippen molar-refractivity contribution in [3.8, 4) is 11.4 Å². The Morgan fingerprint density at radius 3 is 2.57 bits per heavy atom. The highest BCUT2D eigenvalue weighted by molar-refractivity contribution is 7.91. The summed E-state index contributed by atoms with van der Waals surface area (Å²) in [5.74, 6) is 1.30. The quantitative estimate of drug-likeness (QED) is 0.767. The van der Waals surface area contributed by atoms with Crippen molar-refractivity contribution < 1.29 is 13.2 Å². The van der Waals surface area contributed by atoms with Gasteiger partial charge in [0, 0.05) is 30.1 Å². The molecule has 0 unspecified atom stereocenters. The lowest BCUT2D eigenvalue weighted by Crippen LogP contribution is -2.45. The summed E-state index contributed by atoms with van der Waals surface area (Å²) in [6, 6.07) is 9.42. The number of ether oxygens (including phenoxy) is 1. The fraction of sp³-hybridized carbons (Fsp3) is 0.500. The third-order valence-corrected chi connectivity index (χ3v) is 7.79. The van der Waals surface area contributed by atoms with Gasteiger partial charge < -0.3 is 15.4 Å². The van der Waals surface area contributed by atoms with E-state index in [0.717, 1.165) is 24.3 Å². The molecule has 0 radical (unpaired) electrons. The van der Waals surface area contributed by atoms with Crippen LogP contribution in [-0.2, 0) is 19.3 Å². The second-order valence-electron chi connectivity index (χ2n) is 7.65. The SMILES string of the molecule is CC[C@H]1COCCN1c1cc(C2(S(C)(=O)=O)CC2)nc(-c2ccc(N)cc2)n1. The molecule has 0 bridgehead atoms. The fourth-order valence-corrected chi connectivity index (χ4v) is 5.13. The smallest absolute Gasteiger partial charge is 0.161 e. The van der Waals surface area contributed by atoms with Crippen LogP contribution in [0.1, 0.15) is 31.9 Å². The van der Waals surface area contributed by atoms with Crippen molar-refractivity contribution in [1.29, 1.82) is 0 Å². The first-order valence-corrected chi connectivity index (χ1v) is 11.5. The predicted molar refractivity (Wildman–Crippen MR) is 110 cm³/mol. The number of rotatable bonds is 5. The Balaban J connectivity index is 1.85. The first kappa shape index (κ1) is 19.1. The Labute approximate surface area is 165 Å². The van der Waals surface area contributed by atoms with E-state index in [9.17, 15) is 8.42 Å². The molecule has 2 aromatic rings. The average Bonchev–Trinajstić information content (AvgIpc) is 3.50. The van der Waals surface area contributed by atoms with Crippen LogP contribution in [0.5, 0.6) is 0 Å². The summed E-state index contributed by atoms with van der Waals surface area (Å²) in [5, 5.41) is 0. The molecule has 0 spiro atoms. The average molecular weight is 403 g/mol. The van der Waals surface area contributed by atoms with E-state index in [1.807, 2.05) is 18.2 Å². The number of nitrogen functional groups attached to an aromatic ring is 1. The Kier molecular flexibility index (Phi) is 4.79. The maximum Gasteiger partial charge on any atom is 0.161 e.